The standard InChI is InChI=1S/C13H15N3O3/c1-3-19-13(17)7-5-10-4-6-12(18-2)8-11(10)9-15-16-14/h4-8H,3,9H2,1-2H3/b7-5+. The zero-order valence-corrected chi connectivity index (χ0v) is 10.9. The van der Waals surface area contributed by atoms with Gasteiger partial charge in [0.25, 0.3) is 0 Å². The summed E-state index contributed by atoms with van der Waals surface area (Å²) in [5, 5.41) is 3.52. The highest BCUT2D eigenvalue weighted by molar-refractivity contribution is 5.87. The third-order valence-corrected chi connectivity index (χ3v) is 2.34. The Labute approximate surface area is 111 Å². The van der Waals surface area contributed by atoms with Crippen LogP contribution < -0.4 is 4.74 Å². The molecular weight excluding hydrogens is 246 g/mol. The Morgan fingerprint density at radius 3 is 2.95 bits per heavy atom. The Kier molecular flexibility index (Phi) is 5.98. The van der Waals surface area contributed by atoms with E-state index in [0.717, 1.165) is 11.1 Å². The molecule has 0 aliphatic carbocycles. The van der Waals surface area contributed by atoms with Crippen molar-refractivity contribution in [3.8, 4) is 5.75 Å². The lowest BCUT2D eigenvalue weighted by molar-refractivity contribution is -0.137. The summed E-state index contributed by atoms with van der Waals surface area (Å²) in [5.74, 6) is 0.254. The smallest absolute Gasteiger partial charge is 0.330 e. The molecule has 0 N–H and O–H groups in total. The number of carbonyl (C=O) groups excluding carboxylic acids is 1. The van der Waals surface area contributed by atoms with Gasteiger partial charge in [0.2, 0.25) is 0 Å². The number of carbonyl (C=O) groups is 1. The molecular formula is C13H15N3O3. The number of hydrogen-bond acceptors (Lipinski definition) is 4. The summed E-state index contributed by atoms with van der Waals surface area (Å²) in [6, 6.07) is 5.32. The van der Waals surface area contributed by atoms with Crippen molar-refractivity contribution in [1.82, 2.24) is 0 Å². The van der Waals surface area contributed by atoms with Gasteiger partial charge in [-0.3, -0.25) is 0 Å². The van der Waals surface area contributed by atoms with Crippen LogP contribution >= 0.6 is 0 Å². The molecule has 0 saturated carbocycles. The number of methoxy groups -OCH3 is 1. The minimum atomic E-state index is -0.409. The predicted molar refractivity (Wildman–Crippen MR) is 71.5 cm³/mol. The van der Waals surface area contributed by atoms with Gasteiger partial charge >= 0.3 is 5.97 Å². The van der Waals surface area contributed by atoms with Crippen LogP contribution in [0.5, 0.6) is 5.75 Å². The first-order chi connectivity index (χ1) is 9.21. The van der Waals surface area contributed by atoms with E-state index in [1.54, 1.807) is 38.3 Å². The van der Waals surface area contributed by atoms with Crippen molar-refractivity contribution in [2.24, 2.45) is 5.11 Å². The van der Waals surface area contributed by atoms with E-state index in [2.05, 4.69) is 10.0 Å². The fourth-order valence-corrected chi connectivity index (χ4v) is 1.46. The largest absolute Gasteiger partial charge is 0.497 e. The van der Waals surface area contributed by atoms with Crippen LogP contribution in [-0.2, 0) is 16.1 Å². The Bertz CT molecular complexity index is 520. The van der Waals surface area contributed by atoms with Crippen LogP contribution in [0.25, 0.3) is 16.5 Å². The van der Waals surface area contributed by atoms with E-state index in [-0.39, 0.29) is 6.54 Å². The molecule has 100 valence electrons. The normalized spacial score (nSPS) is 10.0. The molecule has 0 fully saturated rings. The van der Waals surface area contributed by atoms with Gasteiger partial charge in [-0.15, -0.1) is 0 Å². The molecule has 0 aliphatic heterocycles. The van der Waals surface area contributed by atoms with Gasteiger partial charge < -0.3 is 9.47 Å². The lowest BCUT2D eigenvalue weighted by Gasteiger charge is -2.06. The second-order valence-corrected chi connectivity index (χ2v) is 3.54. The second-order valence-electron chi connectivity index (χ2n) is 3.54. The van der Waals surface area contributed by atoms with Gasteiger partial charge in [-0.1, -0.05) is 11.2 Å². The van der Waals surface area contributed by atoms with Crippen molar-refractivity contribution in [3.05, 3.63) is 45.8 Å². The van der Waals surface area contributed by atoms with Crippen LogP contribution in [0, 0.1) is 0 Å². The highest BCUT2D eigenvalue weighted by atomic mass is 16.5. The third kappa shape index (κ3) is 4.73. The topological polar surface area (TPSA) is 84.3 Å². The van der Waals surface area contributed by atoms with Crippen molar-refractivity contribution in [3.63, 3.8) is 0 Å². The monoisotopic (exact) mass is 261 g/mol. The lowest BCUT2D eigenvalue weighted by atomic mass is 10.1. The quantitative estimate of drug-likeness (QED) is 0.259. The molecule has 0 amide bonds. The summed E-state index contributed by atoms with van der Waals surface area (Å²) in [6.45, 7) is 2.26. The molecule has 6 heteroatoms. The SMILES string of the molecule is CCOC(=O)/C=C/c1ccc(OC)cc1CN=[N+]=[N-]. The Hall–Kier alpha value is -2.46. The third-order valence-electron chi connectivity index (χ3n) is 2.34. The highest BCUT2D eigenvalue weighted by Crippen LogP contribution is 2.20. The van der Waals surface area contributed by atoms with Crippen LogP contribution in [0.2, 0.25) is 0 Å². The van der Waals surface area contributed by atoms with Crippen LogP contribution in [0.1, 0.15) is 18.1 Å². The molecule has 0 radical (unpaired) electrons. The van der Waals surface area contributed by atoms with Crippen LogP contribution in [0.3, 0.4) is 0 Å². The summed E-state index contributed by atoms with van der Waals surface area (Å²) in [4.78, 5) is 14.0. The fraction of sp³-hybridized carbons (Fsp3) is 0.308. The Morgan fingerprint density at radius 2 is 2.32 bits per heavy atom. The molecule has 0 aliphatic rings. The molecule has 0 aromatic heterocycles. The van der Waals surface area contributed by atoms with Crippen molar-refractivity contribution in [1.29, 1.82) is 0 Å². The highest BCUT2D eigenvalue weighted by Gasteiger charge is 2.02. The van der Waals surface area contributed by atoms with E-state index >= 15 is 0 Å². The van der Waals surface area contributed by atoms with E-state index < -0.39 is 5.97 Å². The Balaban J connectivity index is 2.97. The average molecular weight is 261 g/mol. The molecule has 0 unspecified atom stereocenters. The average Bonchev–Trinajstić information content (AvgIpc) is 2.43. The zero-order chi connectivity index (χ0) is 14.1. The van der Waals surface area contributed by atoms with Gasteiger partial charge in [-0.05, 0) is 41.8 Å². The predicted octanol–water partition coefficient (Wildman–Crippen LogP) is 3.08. The van der Waals surface area contributed by atoms with E-state index in [4.69, 9.17) is 15.0 Å². The van der Waals surface area contributed by atoms with Crippen molar-refractivity contribution in [2.45, 2.75) is 13.5 Å². The number of rotatable bonds is 6. The van der Waals surface area contributed by atoms with Gasteiger partial charge in [0.05, 0.1) is 20.3 Å². The van der Waals surface area contributed by atoms with E-state index in [0.29, 0.717) is 12.4 Å². The fourth-order valence-electron chi connectivity index (χ4n) is 1.46. The van der Waals surface area contributed by atoms with Crippen LogP contribution in [0.15, 0.2) is 29.4 Å². The van der Waals surface area contributed by atoms with Crippen LogP contribution in [0.4, 0.5) is 0 Å². The summed E-state index contributed by atoms with van der Waals surface area (Å²) >= 11 is 0. The van der Waals surface area contributed by atoms with Crippen molar-refractivity contribution >= 4 is 12.0 Å². The molecule has 0 bridgehead atoms. The van der Waals surface area contributed by atoms with E-state index in [9.17, 15) is 4.79 Å². The second kappa shape index (κ2) is 7.79. The van der Waals surface area contributed by atoms with Crippen LogP contribution in [-0.4, -0.2) is 19.7 Å². The molecule has 0 atom stereocenters. The maximum absolute atomic E-state index is 11.2. The summed E-state index contributed by atoms with van der Waals surface area (Å²) in [5.41, 5.74) is 9.92. The maximum atomic E-state index is 11.2. The lowest BCUT2D eigenvalue weighted by Crippen LogP contribution is -1.99. The molecule has 19 heavy (non-hydrogen) atoms. The molecule has 1 aromatic rings. The molecule has 1 rings (SSSR count). The number of esters is 1. The Morgan fingerprint density at radius 1 is 1.53 bits per heavy atom. The first kappa shape index (κ1) is 14.6. The summed E-state index contributed by atoms with van der Waals surface area (Å²) in [6.07, 6.45) is 2.96. The molecule has 6 nitrogen and oxygen atoms in total. The molecule has 0 heterocycles. The summed E-state index contributed by atoms with van der Waals surface area (Å²) in [7, 11) is 1.56. The van der Waals surface area contributed by atoms with Gasteiger partial charge in [0.15, 0.2) is 0 Å². The van der Waals surface area contributed by atoms with Crippen molar-refractivity contribution < 1.29 is 14.3 Å². The number of nitrogens with zero attached hydrogens (tertiary/aromatic N) is 3. The number of azide groups is 1. The molecule has 0 spiro atoms. The summed E-state index contributed by atoms with van der Waals surface area (Å²) < 4.78 is 9.90. The molecule has 0 saturated heterocycles. The van der Waals surface area contributed by atoms with Gasteiger partial charge in [0, 0.05) is 11.0 Å². The first-order valence-corrected chi connectivity index (χ1v) is 5.73. The zero-order valence-electron chi connectivity index (χ0n) is 10.9. The van der Waals surface area contributed by atoms with E-state index in [1.807, 2.05) is 0 Å². The minimum Gasteiger partial charge on any atom is -0.497 e. The minimum absolute atomic E-state index is 0.191. The van der Waals surface area contributed by atoms with Crippen molar-refractivity contribution in [2.75, 3.05) is 13.7 Å². The number of ether oxygens (including phenoxy) is 2. The number of benzene rings is 1. The number of hydrogen-bond donors (Lipinski definition) is 0. The molecule has 1 aromatic carbocycles. The van der Waals surface area contributed by atoms with Gasteiger partial charge in [-0.2, -0.15) is 0 Å². The van der Waals surface area contributed by atoms with E-state index in [1.165, 1.54) is 6.08 Å². The van der Waals surface area contributed by atoms with Gasteiger partial charge in [-0.25, -0.2) is 4.79 Å². The first-order valence-electron chi connectivity index (χ1n) is 5.73. The van der Waals surface area contributed by atoms with Gasteiger partial charge in [0.1, 0.15) is 5.75 Å². The maximum Gasteiger partial charge on any atom is 0.330 e.